The van der Waals surface area contributed by atoms with Gasteiger partial charge in [-0.3, -0.25) is 18.6 Å². The Labute approximate surface area is 312 Å². The highest BCUT2D eigenvalue weighted by Crippen LogP contribution is 2.43. The molecule has 2 atom stereocenters. The fourth-order valence-corrected chi connectivity index (χ4v) is 6.45. The molecule has 0 heterocycles. The summed E-state index contributed by atoms with van der Waals surface area (Å²) < 4.78 is 32.7. The maximum absolute atomic E-state index is 12.5. The molecule has 0 saturated heterocycles. The Kier molecular flexibility index (Phi) is 37.1. The number of phosphoric acid groups is 1. The summed E-state index contributed by atoms with van der Waals surface area (Å²) in [7, 11) is -4.37. The van der Waals surface area contributed by atoms with E-state index in [2.05, 4.69) is 38.2 Å². The first-order chi connectivity index (χ1) is 24.8. The minimum atomic E-state index is -4.37. The molecule has 0 saturated carbocycles. The normalized spacial score (nSPS) is 13.6. The Morgan fingerprint density at radius 2 is 0.961 bits per heavy atom. The van der Waals surface area contributed by atoms with Crippen molar-refractivity contribution in [3.05, 3.63) is 24.3 Å². The summed E-state index contributed by atoms with van der Waals surface area (Å²) in [5.74, 6) is -0.840. The van der Waals surface area contributed by atoms with Crippen molar-refractivity contribution >= 4 is 19.8 Å². The van der Waals surface area contributed by atoms with Crippen molar-refractivity contribution in [2.75, 3.05) is 26.4 Å². The van der Waals surface area contributed by atoms with Crippen LogP contribution < -0.4 is 5.73 Å². The lowest BCUT2D eigenvalue weighted by molar-refractivity contribution is -0.161. The third-order valence-electron chi connectivity index (χ3n) is 8.81. The average Bonchev–Trinajstić information content (AvgIpc) is 3.11. The van der Waals surface area contributed by atoms with Gasteiger partial charge in [0.2, 0.25) is 0 Å². The van der Waals surface area contributed by atoms with E-state index in [0.717, 1.165) is 64.2 Å². The summed E-state index contributed by atoms with van der Waals surface area (Å²) in [5, 5.41) is 0. The second-order valence-corrected chi connectivity index (χ2v) is 15.3. The molecule has 9 nitrogen and oxygen atoms in total. The van der Waals surface area contributed by atoms with Crippen LogP contribution in [-0.4, -0.2) is 49.3 Å². The van der Waals surface area contributed by atoms with Crippen LogP contribution in [0.15, 0.2) is 24.3 Å². The maximum Gasteiger partial charge on any atom is 0.472 e. The lowest BCUT2D eigenvalue weighted by atomic mass is 10.1. The molecule has 0 amide bonds. The van der Waals surface area contributed by atoms with E-state index in [9.17, 15) is 19.0 Å². The van der Waals surface area contributed by atoms with Gasteiger partial charge in [0.05, 0.1) is 13.2 Å². The number of hydrogen-bond donors (Lipinski definition) is 2. The van der Waals surface area contributed by atoms with Crippen LogP contribution in [0.25, 0.3) is 0 Å². The number of carbonyl (C=O) groups is 2. The van der Waals surface area contributed by atoms with E-state index < -0.39 is 26.5 Å². The van der Waals surface area contributed by atoms with Crippen LogP contribution in [0.3, 0.4) is 0 Å². The maximum atomic E-state index is 12.5. The van der Waals surface area contributed by atoms with Crippen LogP contribution in [0.1, 0.15) is 194 Å². The molecule has 0 spiro atoms. The predicted molar refractivity (Wildman–Crippen MR) is 211 cm³/mol. The molecule has 0 aliphatic heterocycles. The van der Waals surface area contributed by atoms with Crippen molar-refractivity contribution in [3.63, 3.8) is 0 Å². The number of allylic oxidation sites excluding steroid dienone is 4. The Balaban J connectivity index is 4.19. The highest BCUT2D eigenvalue weighted by molar-refractivity contribution is 7.47. The molecule has 0 aromatic heterocycles. The second-order valence-electron chi connectivity index (χ2n) is 13.8. The van der Waals surface area contributed by atoms with Crippen LogP contribution >= 0.6 is 7.82 Å². The Hall–Kier alpha value is -1.51. The number of carbonyl (C=O) groups excluding carboxylic acids is 2. The summed E-state index contributed by atoms with van der Waals surface area (Å²) in [6.45, 7) is 3.70. The van der Waals surface area contributed by atoms with Crippen molar-refractivity contribution in [3.8, 4) is 0 Å². The summed E-state index contributed by atoms with van der Waals surface area (Å²) in [4.78, 5) is 34.8. The van der Waals surface area contributed by atoms with Crippen molar-refractivity contribution in [1.82, 2.24) is 0 Å². The highest BCUT2D eigenvalue weighted by Gasteiger charge is 2.26. The van der Waals surface area contributed by atoms with Gasteiger partial charge in [0, 0.05) is 19.4 Å². The van der Waals surface area contributed by atoms with Gasteiger partial charge in [-0.15, -0.1) is 0 Å². The minimum Gasteiger partial charge on any atom is -0.462 e. The number of esters is 2. The van der Waals surface area contributed by atoms with Crippen LogP contribution in [0, 0.1) is 0 Å². The standard InChI is InChI=1S/C41H78NO8P/c1-3-5-7-9-11-13-15-17-19-21-23-25-27-29-31-33-40(43)47-37-39(38-49-51(45,46)48-36-35-42)50-41(44)34-32-30-28-26-24-22-20-18-16-14-12-10-8-6-4-2/h13,15,18,20,39H,3-12,14,16-17,19,21-38,42H2,1-2H3,(H,45,46)/b15-13+,20-18+/t39-/m1/s1. The zero-order valence-corrected chi connectivity index (χ0v) is 33.7. The largest absolute Gasteiger partial charge is 0.472 e. The molecule has 0 aliphatic rings. The van der Waals surface area contributed by atoms with E-state index in [1.165, 1.54) is 96.3 Å². The Morgan fingerprint density at radius 3 is 1.41 bits per heavy atom. The fourth-order valence-electron chi connectivity index (χ4n) is 5.68. The van der Waals surface area contributed by atoms with Crippen molar-refractivity contribution in [1.29, 1.82) is 0 Å². The molecule has 0 bridgehead atoms. The lowest BCUT2D eigenvalue weighted by Gasteiger charge is -2.19. The van der Waals surface area contributed by atoms with E-state index in [1.54, 1.807) is 0 Å². The second kappa shape index (κ2) is 38.2. The molecule has 10 heteroatoms. The van der Waals surface area contributed by atoms with Crippen LogP contribution in [-0.2, 0) is 32.7 Å². The first-order valence-corrected chi connectivity index (χ1v) is 22.3. The third-order valence-corrected chi connectivity index (χ3v) is 9.79. The van der Waals surface area contributed by atoms with Gasteiger partial charge in [-0.05, 0) is 64.2 Å². The van der Waals surface area contributed by atoms with Gasteiger partial charge in [-0.2, -0.15) is 0 Å². The van der Waals surface area contributed by atoms with Gasteiger partial charge in [-0.25, -0.2) is 4.57 Å². The van der Waals surface area contributed by atoms with Gasteiger partial charge >= 0.3 is 19.8 Å². The Bertz CT molecular complexity index is 897. The lowest BCUT2D eigenvalue weighted by Crippen LogP contribution is -2.29. The van der Waals surface area contributed by atoms with Crippen LogP contribution in [0.4, 0.5) is 0 Å². The third kappa shape index (κ3) is 38.0. The molecular weight excluding hydrogens is 665 g/mol. The molecule has 0 aromatic rings. The molecule has 1 unspecified atom stereocenters. The summed E-state index contributed by atoms with van der Waals surface area (Å²) >= 11 is 0. The van der Waals surface area contributed by atoms with Crippen molar-refractivity contribution in [2.45, 2.75) is 200 Å². The van der Waals surface area contributed by atoms with Crippen LogP contribution in [0.5, 0.6) is 0 Å². The van der Waals surface area contributed by atoms with Crippen molar-refractivity contribution < 1.29 is 37.6 Å². The summed E-state index contributed by atoms with van der Waals surface area (Å²) in [6, 6.07) is 0. The number of phosphoric ester groups is 1. The van der Waals surface area contributed by atoms with E-state index >= 15 is 0 Å². The van der Waals surface area contributed by atoms with E-state index in [-0.39, 0.29) is 38.6 Å². The smallest absolute Gasteiger partial charge is 0.462 e. The van der Waals surface area contributed by atoms with Gasteiger partial charge in [-0.1, -0.05) is 141 Å². The summed E-state index contributed by atoms with van der Waals surface area (Å²) in [6.07, 6.45) is 39.1. The monoisotopic (exact) mass is 744 g/mol. The molecule has 0 radical (unpaired) electrons. The first kappa shape index (κ1) is 49.5. The molecule has 0 rings (SSSR count). The number of hydrogen-bond acceptors (Lipinski definition) is 8. The summed E-state index contributed by atoms with van der Waals surface area (Å²) in [5.41, 5.74) is 5.34. The number of nitrogens with two attached hydrogens (primary N) is 1. The molecule has 0 aromatic carbocycles. The van der Waals surface area contributed by atoms with Crippen LogP contribution in [0.2, 0.25) is 0 Å². The molecule has 3 N–H and O–H groups in total. The first-order valence-electron chi connectivity index (χ1n) is 20.8. The minimum absolute atomic E-state index is 0.0524. The molecule has 300 valence electrons. The predicted octanol–water partition coefficient (Wildman–Crippen LogP) is 11.6. The van der Waals surface area contributed by atoms with Gasteiger partial charge in [0.15, 0.2) is 6.10 Å². The van der Waals surface area contributed by atoms with E-state index in [0.29, 0.717) is 6.42 Å². The van der Waals surface area contributed by atoms with Gasteiger partial charge in [0.25, 0.3) is 0 Å². The molecule has 0 fully saturated rings. The highest BCUT2D eigenvalue weighted by atomic mass is 31.2. The zero-order valence-electron chi connectivity index (χ0n) is 32.8. The molecular formula is C41H78NO8P. The zero-order chi connectivity index (χ0) is 37.5. The SMILES string of the molecule is CCCCCC/C=C/CCCCCCCCCC(=O)OC[C@H](COP(=O)(O)OCCN)OC(=O)CCCCCCC/C=C/CCCCCCCC. The average molecular weight is 744 g/mol. The van der Waals surface area contributed by atoms with E-state index in [4.69, 9.17) is 24.3 Å². The fraction of sp³-hybridized carbons (Fsp3) is 0.854. The topological polar surface area (TPSA) is 134 Å². The molecule has 51 heavy (non-hydrogen) atoms. The molecule has 0 aliphatic carbocycles. The van der Waals surface area contributed by atoms with Crippen molar-refractivity contribution in [2.24, 2.45) is 5.73 Å². The quantitative estimate of drug-likeness (QED) is 0.0273. The number of unbranched alkanes of at least 4 members (excludes halogenated alkanes) is 22. The number of rotatable bonds is 39. The number of ether oxygens (including phenoxy) is 2. The van der Waals surface area contributed by atoms with E-state index in [1.807, 2.05) is 0 Å². The Morgan fingerprint density at radius 1 is 0.569 bits per heavy atom. The van der Waals surface area contributed by atoms with Gasteiger partial charge < -0.3 is 20.1 Å². The van der Waals surface area contributed by atoms with Gasteiger partial charge in [0.1, 0.15) is 6.61 Å².